The molecule has 0 atom stereocenters. The highest BCUT2D eigenvalue weighted by Gasteiger charge is 2.16. The van der Waals surface area contributed by atoms with Gasteiger partial charge in [0.05, 0.1) is 23.6 Å². The first kappa shape index (κ1) is 11.1. The number of hydrogen-bond donors (Lipinski definition) is 1. The number of pyridine rings is 1. The second kappa shape index (κ2) is 4.69. The molecule has 0 saturated carbocycles. The molecule has 2 heterocycles. The molecular weight excluding hydrogens is 222 g/mol. The zero-order chi connectivity index (χ0) is 12.4. The summed E-state index contributed by atoms with van der Waals surface area (Å²) in [6, 6.07) is 12.6. The van der Waals surface area contributed by atoms with Crippen LogP contribution in [0.15, 0.2) is 42.6 Å². The molecule has 0 amide bonds. The molecule has 1 aliphatic heterocycles. The standard InChI is InChI=1S/C15H17N3/c1-12-5-4-8-16-14(12)11-18-10-9-17-13-6-2-3-7-15(13)18/h2-8,17H,9-11H2,1H3. The number of para-hydroxylation sites is 2. The Morgan fingerprint density at radius 3 is 3.00 bits per heavy atom. The Balaban J connectivity index is 1.89. The quantitative estimate of drug-likeness (QED) is 0.873. The number of aromatic nitrogens is 1. The highest BCUT2D eigenvalue weighted by atomic mass is 15.2. The first-order chi connectivity index (χ1) is 8.84. The van der Waals surface area contributed by atoms with E-state index in [-0.39, 0.29) is 0 Å². The van der Waals surface area contributed by atoms with Crippen molar-refractivity contribution in [2.75, 3.05) is 23.3 Å². The van der Waals surface area contributed by atoms with Crippen molar-refractivity contribution in [3.05, 3.63) is 53.9 Å². The van der Waals surface area contributed by atoms with Crippen LogP contribution < -0.4 is 10.2 Å². The number of aryl methyl sites for hydroxylation is 1. The average Bonchev–Trinajstić information content (AvgIpc) is 2.42. The van der Waals surface area contributed by atoms with Gasteiger partial charge >= 0.3 is 0 Å². The Kier molecular flexibility index (Phi) is 2.89. The molecule has 1 aliphatic rings. The van der Waals surface area contributed by atoms with E-state index < -0.39 is 0 Å². The Bertz CT molecular complexity index is 551. The van der Waals surface area contributed by atoms with Crippen LogP contribution in [0.5, 0.6) is 0 Å². The Morgan fingerprint density at radius 1 is 1.22 bits per heavy atom. The van der Waals surface area contributed by atoms with Crippen LogP contribution in [0, 0.1) is 6.92 Å². The van der Waals surface area contributed by atoms with Gasteiger partial charge in [-0.3, -0.25) is 4.98 Å². The Hall–Kier alpha value is -2.03. The summed E-state index contributed by atoms with van der Waals surface area (Å²) in [4.78, 5) is 6.87. The highest BCUT2D eigenvalue weighted by Crippen LogP contribution is 2.29. The number of nitrogens with one attached hydrogen (secondary N) is 1. The van der Waals surface area contributed by atoms with Crippen molar-refractivity contribution in [1.29, 1.82) is 0 Å². The van der Waals surface area contributed by atoms with Crippen molar-refractivity contribution in [3.8, 4) is 0 Å². The summed E-state index contributed by atoms with van der Waals surface area (Å²) in [6.07, 6.45) is 1.87. The molecule has 0 spiro atoms. The van der Waals surface area contributed by atoms with Gasteiger partial charge in [0.1, 0.15) is 0 Å². The topological polar surface area (TPSA) is 28.2 Å². The van der Waals surface area contributed by atoms with Gasteiger partial charge in [-0.15, -0.1) is 0 Å². The maximum atomic E-state index is 4.48. The van der Waals surface area contributed by atoms with Gasteiger partial charge in [-0.25, -0.2) is 0 Å². The van der Waals surface area contributed by atoms with Gasteiger partial charge in [-0.1, -0.05) is 18.2 Å². The summed E-state index contributed by atoms with van der Waals surface area (Å²) in [5.74, 6) is 0. The smallest absolute Gasteiger partial charge is 0.0626 e. The summed E-state index contributed by atoms with van der Waals surface area (Å²) >= 11 is 0. The predicted octanol–water partition coefficient (Wildman–Crippen LogP) is 2.82. The van der Waals surface area contributed by atoms with Crippen molar-refractivity contribution in [2.45, 2.75) is 13.5 Å². The molecule has 0 bridgehead atoms. The number of fused-ring (bicyclic) bond motifs is 1. The van der Waals surface area contributed by atoms with E-state index in [9.17, 15) is 0 Å². The zero-order valence-electron chi connectivity index (χ0n) is 10.6. The molecule has 3 heteroatoms. The molecule has 1 aromatic carbocycles. The van der Waals surface area contributed by atoms with E-state index in [1.54, 1.807) is 0 Å². The van der Waals surface area contributed by atoms with E-state index in [0.29, 0.717) is 0 Å². The fourth-order valence-electron chi connectivity index (χ4n) is 2.37. The van der Waals surface area contributed by atoms with Crippen molar-refractivity contribution in [1.82, 2.24) is 4.98 Å². The SMILES string of the molecule is Cc1cccnc1CN1CCNc2ccccc21. The number of anilines is 2. The molecule has 0 saturated heterocycles. The summed E-state index contributed by atoms with van der Waals surface area (Å²) in [6.45, 7) is 5.01. The lowest BCUT2D eigenvalue weighted by Gasteiger charge is -2.32. The van der Waals surface area contributed by atoms with Gasteiger partial charge in [0.25, 0.3) is 0 Å². The first-order valence-corrected chi connectivity index (χ1v) is 6.33. The fraction of sp³-hybridized carbons (Fsp3) is 0.267. The van der Waals surface area contributed by atoms with Crippen molar-refractivity contribution < 1.29 is 0 Å². The largest absolute Gasteiger partial charge is 0.382 e. The summed E-state index contributed by atoms with van der Waals surface area (Å²) in [5.41, 5.74) is 4.91. The van der Waals surface area contributed by atoms with Crippen molar-refractivity contribution in [3.63, 3.8) is 0 Å². The normalized spacial score (nSPS) is 13.9. The van der Waals surface area contributed by atoms with Gasteiger partial charge in [0.2, 0.25) is 0 Å². The minimum absolute atomic E-state index is 0.880. The second-order valence-electron chi connectivity index (χ2n) is 4.63. The van der Waals surface area contributed by atoms with E-state index in [4.69, 9.17) is 0 Å². The van der Waals surface area contributed by atoms with Crippen LogP contribution in [-0.2, 0) is 6.54 Å². The number of nitrogens with zero attached hydrogens (tertiary/aromatic N) is 2. The van der Waals surface area contributed by atoms with Crippen LogP contribution in [0.2, 0.25) is 0 Å². The lowest BCUT2D eigenvalue weighted by atomic mass is 10.1. The van der Waals surface area contributed by atoms with Crippen molar-refractivity contribution in [2.24, 2.45) is 0 Å². The Morgan fingerprint density at radius 2 is 2.11 bits per heavy atom. The second-order valence-corrected chi connectivity index (χ2v) is 4.63. The van der Waals surface area contributed by atoms with Gasteiger partial charge in [0.15, 0.2) is 0 Å². The van der Waals surface area contributed by atoms with Crippen molar-refractivity contribution >= 4 is 11.4 Å². The monoisotopic (exact) mass is 239 g/mol. The first-order valence-electron chi connectivity index (χ1n) is 6.33. The molecule has 0 aliphatic carbocycles. The van der Waals surface area contributed by atoms with E-state index in [2.05, 4.69) is 52.5 Å². The minimum Gasteiger partial charge on any atom is -0.382 e. The van der Waals surface area contributed by atoms with Gasteiger partial charge in [0, 0.05) is 19.3 Å². The van der Waals surface area contributed by atoms with E-state index >= 15 is 0 Å². The maximum absolute atomic E-state index is 4.48. The Labute approximate surface area is 107 Å². The predicted molar refractivity (Wildman–Crippen MR) is 75.0 cm³/mol. The molecule has 0 fully saturated rings. The molecule has 1 aromatic heterocycles. The number of rotatable bonds is 2. The third kappa shape index (κ3) is 2.04. The van der Waals surface area contributed by atoms with Crippen LogP contribution in [-0.4, -0.2) is 18.1 Å². The van der Waals surface area contributed by atoms with E-state index in [0.717, 1.165) is 25.3 Å². The van der Waals surface area contributed by atoms with Crippen LogP contribution in [0.25, 0.3) is 0 Å². The van der Waals surface area contributed by atoms with Crippen LogP contribution in [0.4, 0.5) is 11.4 Å². The van der Waals surface area contributed by atoms with E-state index in [1.807, 2.05) is 12.3 Å². The zero-order valence-corrected chi connectivity index (χ0v) is 10.6. The number of benzene rings is 1. The molecule has 92 valence electrons. The maximum Gasteiger partial charge on any atom is 0.0626 e. The van der Waals surface area contributed by atoms with Gasteiger partial charge in [-0.2, -0.15) is 0 Å². The minimum atomic E-state index is 0.880. The molecule has 2 aromatic rings. The molecule has 1 N–H and O–H groups in total. The van der Waals surface area contributed by atoms with Gasteiger partial charge in [-0.05, 0) is 30.7 Å². The molecule has 3 nitrogen and oxygen atoms in total. The highest BCUT2D eigenvalue weighted by molar-refractivity contribution is 5.71. The number of hydrogen-bond acceptors (Lipinski definition) is 3. The van der Waals surface area contributed by atoms with E-state index in [1.165, 1.54) is 16.9 Å². The summed E-state index contributed by atoms with van der Waals surface area (Å²) < 4.78 is 0. The molecule has 0 radical (unpaired) electrons. The molecule has 0 unspecified atom stereocenters. The lowest BCUT2D eigenvalue weighted by Crippen LogP contribution is -2.33. The van der Waals surface area contributed by atoms with Crippen LogP contribution in [0.3, 0.4) is 0 Å². The van der Waals surface area contributed by atoms with Crippen LogP contribution in [0.1, 0.15) is 11.3 Å². The average molecular weight is 239 g/mol. The lowest BCUT2D eigenvalue weighted by molar-refractivity contribution is 0.767. The molecular formula is C15H17N3. The third-order valence-electron chi connectivity index (χ3n) is 3.40. The molecule has 3 rings (SSSR count). The fourth-order valence-corrected chi connectivity index (χ4v) is 2.37. The van der Waals surface area contributed by atoms with Crippen LogP contribution >= 0.6 is 0 Å². The van der Waals surface area contributed by atoms with Gasteiger partial charge < -0.3 is 10.2 Å². The summed E-state index contributed by atoms with van der Waals surface area (Å²) in [7, 11) is 0. The molecule has 18 heavy (non-hydrogen) atoms. The third-order valence-corrected chi connectivity index (χ3v) is 3.40. The summed E-state index contributed by atoms with van der Waals surface area (Å²) in [5, 5.41) is 3.43.